The maximum Gasteiger partial charge on any atom is 0.300 e. The van der Waals surface area contributed by atoms with Crippen LogP contribution in [0.4, 0.5) is 5.00 Å². The summed E-state index contributed by atoms with van der Waals surface area (Å²) in [7, 11) is 0. The monoisotopic (exact) mass is 434 g/mol. The number of rotatable bonds is 1. The zero-order valence-corrected chi connectivity index (χ0v) is 19.1. The molecular weight excluding hydrogens is 408 g/mol. The van der Waals surface area contributed by atoms with Gasteiger partial charge < -0.3 is 5.11 Å². The van der Waals surface area contributed by atoms with Gasteiger partial charge in [-0.3, -0.25) is 25.5 Å². The van der Waals surface area contributed by atoms with Crippen molar-refractivity contribution >= 4 is 51.3 Å². The van der Waals surface area contributed by atoms with Crippen molar-refractivity contribution in [3.63, 3.8) is 0 Å². The molecule has 0 saturated carbocycles. The molecule has 29 heavy (non-hydrogen) atoms. The number of fused-ring (bicyclic) bond motifs is 1. The first-order chi connectivity index (χ1) is 13.6. The molecule has 0 aliphatic carbocycles. The molecule has 8 heteroatoms. The summed E-state index contributed by atoms with van der Waals surface area (Å²) in [6, 6.07) is 7.61. The van der Waals surface area contributed by atoms with Crippen molar-refractivity contribution in [1.82, 2.24) is 0 Å². The molecule has 0 bridgehead atoms. The number of amidine groups is 2. The van der Waals surface area contributed by atoms with Gasteiger partial charge in [-0.2, -0.15) is 0 Å². The number of anilines is 1. The number of nitrogens with zero attached hydrogens (tertiary/aromatic N) is 2. The van der Waals surface area contributed by atoms with Crippen molar-refractivity contribution in [3.8, 4) is 0 Å². The van der Waals surface area contributed by atoms with E-state index >= 15 is 0 Å². The predicted octanol–water partition coefficient (Wildman–Crippen LogP) is 5.77. The number of carboxylic acid groups (broad SMARTS) is 1. The third-order valence-electron chi connectivity index (χ3n) is 3.92. The fraction of sp³-hybridized carbons (Fsp3) is 0.333. The molecule has 0 atom stereocenters. The van der Waals surface area contributed by atoms with Crippen LogP contribution in [0.25, 0.3) is 0 Å². The van der Waals surface area contributed by atoms with Gasteiger partial charge in [-0.05, 0) is 38.5 Å². The van der Waals surface area contributed by atoms with Gasteiger partial charge in [0.05, 0.1) is 12.3 Å². The number of aryl methyl sites for hydroxylation is 1. The molecular formula is C21H27ClN4O2S. The minimum absolute atomic E-state index is 0.258. The van der Waals surface area contributed by atoms with Crippen LogP contribution in [0.5, 0.6) is 0 Å². The summed E-state index contributed by atoms with van der Waals surface area (Å²) in [6.07, 6.45) is 0. The molecule has 1 aromatic carbocycles. The molecule has 2 heterocycles. The summed E-state index contributed by atoms with van der Waals surface area (Å²) in [4.78, 5) is 16.5. The summed E-state index contributed by atoms with van der Waals surface area (Å²) >= 11 is 7.61. The third-order valence-corrected chi connectivity index (χ3v) is 5.36. The Kier molecular flexibility index (Phi) is 9.20. The van der Waals surface area contributed by atoms with Gasteiger partial charge in [0.2, 0.25) is 0 Å². The van der Waals surface area contributed by atoms with Crippen LogP contribution < -0.4 is 4.90 Å². The fourth-order valence-electron chi connectivity index (χ4n) is 2.67. The Balaban J connectivity index is 0.000000627. The summed E-state index contributed by atoms with van der Waals surface area (Å²) < 4.78 is 0. The van der Waals surface area contributed by atoms with Crippen LogP contribution in [-0.2, 0) is 4.79 Å². The van der Waals surface area contributed by atoms with E-state index in [-0.39, 0.29) is 6.54 Å². The molecule has 1 aromatic heterocycles. The largest absolute Gasteiger partial charge is 0.481 e. The molecule has 0 radical (unpaired) electrons. The van der Waals surface area contributed by atoms with E-state index in [1.54, 1.807) is 23.2 Å². The van der Waals surface area contributed by atoms with Crippen LogP contribution >= 0.6 is 22.9 Å². The van der Waals surface area contributed by atoms with Crippen molar-refractivity contribution in [2.24, 2.45) is 4.99 Å². The highest BCUT2D eigenvalue weighted by Crippen LogP contribution is 2.38. The molecule has 3 N–H and O–H groups in total. The fourth-order valence-corrected chi connectivity index (χ4v) is 4.03. The van der Waals surface area contributed by atoms with Gasteiger partial charge in [-0.25, -0.2) is 0 Å². The Bertz CT molecular complexity index is 929. The molecule has 0 spiro atoms. The van der Waals surface area contributed by atoms with Gasteiger partial charge in [0.15, 0.2) is 0 Å². The highest BCUT2D eigenvalue weighted by atomic mass is 35.5. The SMILES string of the molecule is CC.CC(=N)N1C(=N)CN=C(c2ccc(Cl)cc2)c2c1sc(C)c2C.CC(=O)O. The number of benzene rings is 1. The minimum Gasteiger partial charge on any atom is -0.481 e. The quantitative estimate of drug-likeness (QED) is 0.392. The number of aliphatic imine (C=N–C) groups is 1. The minimum atomic E-state index is -0.833. The first-order valence-corrected chi connectivity index (χ1v) is 10.4. The maximum absolute atomic E-state index is 9.00. The van der Waals surface area contributed by atoms with E-state index in [9.17, 15) is 0 Å². The maximum atomic E-state index is 9.00. The second-order valence-electron chi connectivity index (χ2n) is 6.02. The molecule has 1 aliphatic rings. The van der Waals surface area contributed by atoms with E-state index in [0.29, 0.717) is 16.7 Å². The zero-order chi connectivity index (χ0) is 22.3. The van der Waals surface area contributed by atoms with Crippen LogP contribution in [0.1, 0.15) is 49.3 Å². The van der Waals surface area contributed by atoms with Crippen LogP contribution in [0.2, 0.25) is 5.02 Å². The van der Waals surface area contributed by atoms with Gasteiger partial charge in [0.25, 0.3) is 5.97 Å². The van der Waals surface area contributed by atoms with Gasteiger partial charge in [0.1, 0.15) is 16.7 Å². The normalized spacial score (nSPS) is 12.4. The first kappa shape index (κ1) is 24.5. The second kappa shape index (κ2) is 10.9. The third kappa shape index (κ3) is 5.98. The van der Waals surface area contributed by atoms with Crippen molar-refractivity contribution in [1.29, 1.82) is 10.8 Å². The average Bonchev–Trinajstić information content (AvgIpc) is 2.84. The van der Waals surface area contributed by atoms with E-state index in [1.165, 1.54) is 4.88 Å². The number of hydrogen-bond acceptors (Lipinski definition) is 5. The number of aliphatic carboxylic acids is 1. The molecule has 3 rings (SSSR count). The Labute approximate surface area is 180 Å². The molecule has 0 amide bonds. The van der Waals surface area contributed by atoms with Crippen LogP contribution in [0.3, 0.4) is 0 Å². The van der Waals surface area contributed by atoms with Gasteiger partial charge in [-0.1, -0.05) is 37.6 Å². The van der Waals surface area contributed by atoms with Crippen LogP contribution in [0, 0.1) is 24.7 Å². The number of thiophene rings is 1. The molecule has 0 unspecified atom stereocenters. The molecule has 156 valence electrons. The number of nitrogens with one attached hydrogen (secondary N) is 2. The highest BCUT2D eigenvalue weighted by molar-refractivity contribution is 7.17. The van der Waals surface area contributed by atoms with E-state index in [4.69, 9.17) is 32.3 Å². The Morgan fingerprint density at radius 3 is 2.21 bits per heavy atom. The highest BCUT2D eigenvalue weighted by Gasteiger charge is 2.28. The lowest BCUT2D eigenvalue weighted by molar-refractivity contribution is -0.134. The summed E-state index contributed by atoms with van der Waals surface area (Å²) in [5.41, 5.74) is 4.02. The molecule has 6 nitrogen and oxygen atoms in total. The molecule has 0 saturated heterocycles. The van der Waals surface area contributed by atoms with Crippen molar-refractivity contribution in [2.75, 3.05) is 11.4 Å². The summed E-state index contributed by atoms with van der Waals surface area (Å²) in [5, 5.41) is 25.3. The van der Waals surface area contributed by atoms with Crippen LogP contribution in [-0.4, -0.2) is 35.0 Å². The van der Waals surface area contributed by atoms with E-state index in [1.807, 2.05) is 38.1 Å². The van der Waals surface area contributed by atoms with Crippen LogP contribution in [0.15, 0.2) is 29.3 Å². The van der Waals surface area contributed by atoms with E-state index in [0.717, 1.165) is 34.3 Å². The number of carboxylic acids is 1. The van der Waals surface area contributed by atoms with Gasteiger partial charge in [0, 0.05) is 28.0 Å². The number of hydrogen-bond donors (Lipinski definition) is 3. The lowest BCUT2D eigenvalue weighted by Gasteiger charge is -2.21. The average molecular weight is 435 g/mol. The smallest absolute Gasteiger partial charge is 0.300 e. The van der Waals surface area contributed by atoms with Crippen molar-refractivity contribution < 1.29 is 9.90 Å². The van der Waals surface area contributed by atoms with E-state index in [2.05, 4.69) is 18.8 Å². The van der Waals surface area contributed by atoms with Gasteiger partial charge in [-0.15, -0.1) is 11.3 Å². The number of carbonyl (C=O) groups is 1. The van der Waals surface area contributed by atoms with Gasteiger partial charge >= 0.3 is 0 Å². The molecule has 0 fully saturated rings. The summed E-state index contributed by atoms with van der Waals surface area (Å²) in [5.74, 6) is -0.172. The summed E-state index contributed by atoms with van der Waals surface area (Å²) in [6.45, 7) is 11.2. The standard InChI is InChI=1S/C17H17ClN4S.C2H4O2.C2H6/c1-9-10(2)23-17-15(9)16(12-4-6-13(18)7-5-12)21-8-14(20)22(17)11(3)19;1-2(3)4;1-2/h4-7,19-20H,8H2,1-3H3;1H3,(H,3,4);1-2H3. The second-order valence-corrected chi connectivity index (χ2v) is 7.66. The Morgan fingerprint density at radius 1 is 1.21 bits per heavy atom. The Hall–Kier alpha value is -2.51. The Morgan fingerprint density at radius 2 is 1.72 bits per heavy atom. The van der Waals surface area contributed by atoms with Crippen molar-refractivity contribution in [2.45, 2.75) is 41.5 Å². The zero-order valence-electron chi connectivity index (χ0n) is 17.6. The molecule has 2 aromatic rings. The number of halogens is 1. The topological polar surface area (TPSA) is 101 Å². The molecule has 1 aliphatic heterocycles. The lowest BCUT2D eigenvalue weighted by atomic mass is 10.00. The lowest BCUT2D eigenvalue weighted by Crippen LogP contribution is -2.35. The predicted molar refractivity (Wildman–Crippen MR) is 124 cm³/mol. The van der Waals surface area contributed by atoms with Crippen molar-refractivity contribution in [3.05, 3.63) is 50.9 Å². The van der Waals surface area contributed by atoms with E-state index < -0.39 is 5.97 Å². The first-order valence-electron chi connectivity index (χ1n) is 9.16.